The predicted molar refractivity (Wildman–Crippen MR) is 107 cm³/mol. The second-order valence-electron chi connectivity index (χ2n) is 6.44. The minimum Gasteiger partial charge on any atom is -0.329 e. The molecule has 7 nitrogen and oxygen atoms in total. The summed E-state index contributed by atoms with van der Waals surface area (Å²) in [5.74, 6) is 0.711. The summed E-state index contributed by atoms with van der Waals surface area (Å²) >= 11 is 1.31. The van der Waals surface area contributed by atoms with Crippen LogP contribution in [0.2, 0.25) is 0 Å². The number of nitrogens with one attached hydrogen (secondary N) is 2. The van der Waals surface area contributed by atoms with Gasteiger partial charge in [0.15, 0.2) is 0 Å². The van der Waals surface area contributed by atoms with Gasteiger partial charge in [0.2, 0.25) is 0 Å². The summed E-state index contributed by atoms with van der Waals surface area (Å²) in [6.07, 6.45) is -0.922. The third-order valence-corrected chi connectivity index (χ3v) is 5.01. The molecule has 0 aliphatic carbocycles. The quantitative estimate of drug-likeness (QED) is 0.497. The fourth-order valence-corrected chi connectivity index (χ4v) is 3.52. The Labute approximate surface area is 172 Å². The summed E-state index contributed by atoms with van der Waals surface area (Å²) in [5.41, 5.74) is 3.49. The second kappa shape index (κ2) is 7.75. The Kier molecular flexibility index (Phi) is 5.12. The van der Waals surface area contributed by atoms with Crippen molar-refractivity contribution in [2.75, 3.05) is 11.9 Å². The molecule has 11 heteroatoms. The van der Waals surface area contributed by atoms with Gasteiger partial charge in [-0.3, -0.25) is 4.40 Å². The van der Waals surface area contributed by atoms with E-state index in [1.54, 1.807) is 29.7 Å². The highest BCUT2D eigenvalue weighted by molar-refractivity contribution is 7.09. The molecule has 0 spiro atoms. The number of halogens is 3. The van der Waals surface area contributed by atoms with Crippen molar-refractivity contribution in [3.05, 3.63) is 54.6 Å². The van der Waals surface area contributed by atoms with Crippen molar-refractivity contribution in [3.8, 4) is 21.8 Å². The number of hydrogen-bond donors (Lipinski definition) is 2. The highest BCUT2D eigenvalue weighted by Crippen LogP contribution is 2.27. The van der Waals surface area contributed by atoms with E-state index in [1.165, 1.54) is 11.5 Å². The molecule has 0 unspecified atom stereocenters. The van der Waals surface area contributed by atoms with Crippen LogP contribution in [0.15, 0.2) is 48.8 Å². The van der Waals surface area contributed by atoms with E-state index in [9.17, 15) is 18.0 Å². The third kappa shape index (κ3) is 4.40. The van der Waals surface area contributed by atoms with E-state index >= 15 is 0 Å². The number of carbonyl (C=O) groups excluding carboxylic acids is 1. The lowest BCUT2D eigenvalue weighted by Crippen LogP contribution is -2.36. The van der Waals surface area contributed by atoms with Crippen molar-refractivity contribution in [3.63, 3.8) is 0 Å². The van der Waals surface area contributed by atoms with Crippen LogP contribution >= 0.6 is 11.5 Å². The van der Waals surface area contributed by atoms with E-state index < -0.39 is 18.8 Å². The Morgan fingerprint density at radius 1 is 1.20 bits per heavy atom. The number of urea groups is 1. The van der Waals surface area contributed by atoms with Crippen molar-refractivity contribution >= 4 is 28.9 Å². The zero-order chi connectivity index (χ0) is 21.3. The molecule has 0 radical (unpaired) electrons. The lowest BCUT2D eigenvalue weighted by atomic mass is 10.1. The number of hydrogen-bond acceptors (Lipinski definition) is 5. The lowest BCUT2D eigenvalue weighted by Gasteiger charge is -2.10. The number of pyridine rings is 1. The van der Waals surface area contributed by atoms with Gasteiger partial charge >= 0.3 is 12.2 Å². The smallest absolute Gasteiger partial charge is 0.329 e. The Bertz CT molecular complexity index is 1220. The van der Waals surface area contributed by atoms with Gasteiger partial charge in [-0.05, 0) is 42.7 Å². The van der Waals surface area contributed by atoms with E-state index in [-0.39, 0.29) is 0 Å². The van der Waals surface area contributed by atoms with Crippen molar-refractivity contribution in [2.24, 2.45) is 0 Å². The van der Waals surface area contributed by atoms with Gasteiger partial charge in [0, 0.05) is 23.0 Å². The molecule has 30 heavy (non-hydrogen) atoms. The maximum atomic E-state index is 12.2. The highest BCUT2D eigenvalue weighted by atomic mass is 32.1. The summed E-state index contributed by atoms with van der Waals surface area (Å²) in [6, 6.07) is 9.66. The largest absolute Gasteiger partial charge is 0.405 e. The number of amides is 2. The molecule has 4 rings (SSSR count). The Balaban J connectivity index is 1.57. The number of fused-ring (bicyclic) bond motifs is 1. The van der Waals surface area contributed by atoms with Gasteiger partial charge in [0.1, 0.15) is 23.0 Å². The third-order valence-electron chi connectivity index (χ3n) is 4.15. The molecule has 0 saturated carbocycles. The minimum atomic E-state index is -4.47. The molecular weight excluding hydrogens is 417 g/mol. The average Bonchev–Trinajstić information content (AvgIpc) is 3.32. The Morgan fingerprint density at radius 3 is 2.77 bits per heavy atom. The van der Waals surface area contributed by atoms with Gasteiger partial charge in [0.05, 0.1) is 11.9 Å². The number of aromatic nitrogens is 4. The second-order valence-corrected chi connectivity index (χ2v) is 7.19. The molecule has 0 bridgehead atoms. The van der Waals surface area contributed by atoms with E-state index in [1.807, 2.05) is 35.7 Å². The van der Waals surface area contributed by atoms with Crippen LogP contribution in [0.5, 0.6) is 0 Å². The highest BCUT2D eigenvalue weighted by Gasteiger charge is 2.27. The number of rotatable bonds is 4. The van der Waals surface area contributed by atoms with Crippen molar-refractivity contribution < 1.29 is 18.0 Å². The van der Waals surface area contributed by atoms with Gasteiger partial charge in [-0.2, -0.15) is 17.5 Å². The number of anilines is 1. The molecule has 2 amide bonds. The Hall–Kier alpha value is -3.47. The molecule has 2 N–H and O–H groups in total. The van der Waals surface area contributed by atoms with E-state index in [0.717, 1.165) is 21.8 Å². The predicted octanol–water partition coefficient (Wildman–Crippen LogP) is 4.51. The molecule has 3 aromatic heterocycles. The van der Waals surface area contributed by atoms with E-state index in [4.69, 9.17) is 0 Å². The molecule has 0 atom stereocenters. The van der Waals surface area contributed by atoms with Crippen molar-refractivity contribution in [1.29, 1.82) is 0 Å². The topological polar surface area (TPSA) is 84.2 Å². The minimum absolute atomic E-state index is 0.364. The molecule has 4 aromatic rings. The number of alkyl halides is 3. The molecule has 3 heterocycles. The van der Waals surface area contributed by atoms with Crippen LogP contribution in [-0.2, 0) is 0 Å². The summed E-state index contributed by atoms with van der Waals surface area (Å²) in [5, 5.41) is 4.98. The van der Waals surface area contributed by atoms with Crippen LogP contribution in [0.4, 0.5) is 23.7 Å². The molecule has 0 fully saturated rings. The molecule has 1 aromatic carbocycles. The monoisotopic (exact) mass is 432 g/mol. The fraction of sp³-hybridized carbons (Fsp3) is 0.158. The average molecular weight is 432 g/mol. The zero-order valence-corrected chi connectivity index (χ0v) is 16.4. The van der Waals surface area contributed by atoms with E-state index in [0.29, 0.717) is 17.2 Å². The van der Waals surface area contributed by atoms with Crippen LogP contribution in [0, 0.1) is 6.92 Å². The number of carbonyl (C=O) groups is 1. The SMILES string of the molecule is Cc1nsc(-c2ccn3c(-c4cccc(NC(=O)NCC(F)(F)F)c4)cnc3c2)n1. The number of imidazole rings is 1. The summed E-state index contributed by atoms with van der Waals surface area (Å²) < 4.78 is 42.8. The zero-order valence-electron chi connectivity index (χ0n) is 15.6. The maximum absolute atomic E-state index is 12.2. The van der Waals surface area contributed by atoms with Gasteiger partial charge in [-0.1, -0.05) is 12.1 Å². The van der Waals surface area contributed by atoms with Crippen LogP contribution in [-0.4, -0.2) is 37.5 Å². The summed E-state index contributed by atoms with van der Waals surface area (Å²) in [7, 11) is 0. The first-order chi connectivity index (χ1) is 14.3. The van der Waals surface area contributed by atoms with Crippen molar-refractivity contribution in [2.45, 2.75) is 13.1 Å². The van der Waals surface area contributed by atoms with Gasteiger partial charge in [-0.25, -0.2) is 14.8 Å². The molecule has 0 saturated heterocycles. The molecule has 0 aliphatic heterocycles. The first-order valence-corrected chi connectivity index (χ1v) is 9.56. The van der Waals surface area contributed by atoms with Crippen molar-refractivity contribution in [1.82, 2.24) is 24.1 Å². The Morgan fingerprint density at radius 2 is 2.03 bits per heavy atom. The van der Waals surface area contributed by atoms with Crippen LogP contribution in [0.3, 0.4) is 0 Å². The number of benzene rings is 1. The normalized spacial score (nSPS) is 11.6. The summed E-state index contributed by atoms with van der Waals surface area (Å²) in [4.78, 5) is 20.5. The van der Waals surface area contributed by atoms with E-state index in [2.05, 4.69) is 19.7 Å². The van der Waals surface area contributed by atoms with Gasteiger partial charge < -0.3 is 10.6 Å². The number of aryl methyl sites for hydroxylation is 1. The fourth-order valence-electron chi connectivity index (χ4n) is 2.85. The first-order valence-electron chi connectivity index (χ1n) is 8.78. The van der Waals surface area contributed by atoms with Gasteiger partial charge in [0.25, 0.3) is 0 Å². The molecule has 154 valence electrons. The van der Waals surface area contributed by atoms with Crippen LogP contribution in [0.25, 0.3) is 27.5 Å². The molecular formula is C19H15F3N6OS. The van der Waals surface area contributed by atoms with Gasteiger partial charge in [-0.15, -0.1) is 0 Å². The summed E-state index contributed by atoms with van der Waals surface area (Å²) in [6.45, 7) is 0.429. The molecule has 0 aliphatic rings. The lowest BCUT2D eigenvalue weighted by molar-refractivity contribution is -0.122. The maximum Gasteiger partial charge on any atom is 0.405 e. The standard InChI is InChI=1S/C19H15F3N6OS/c1-11-25-17(30-27-11)13-5-6-28-15(9-23-16(28)8-13)12-3-2-4-14(7-12)26-18(29)24-10-19(20,21)22/h2-9H,10H2,1H3,(H2,24,26,29). The number of nitrogens with zero attached hydrogens (tertiary/aromatic N) is 4. The van der Waals surface area contributed by atoms with Crippen LogP contribution in [0.1, 0.15) is 5.82 Å². The first kappa shape index (κ1) is 19.8. The van der Waals surface area contributed by atoms with Crippen LogP contribution < -0.4 is 10.6 Å².